The van der Waals surface area contributed by atoms with Gasteiger partial charge < -0.3 is 10.2 Å². The summed E-state index contributed by atoms with van der Waals surface area (Å²) in [6, 6.07) is 2.15. The highest BCUT2D eigenvalue weighted by molar-refractivity contribution is 5.07. The first-order valence-corrected chi connectivity index (χ1v) is 6.84. The van der Waals surface area contributed by atoms with Gasteiger partial charge in [0.1, 0.15) is 0 Å². The Labute approximate surface area is 104 Å². The van der Waals surface area contributed by atoms with E-state index in [1.165, 1.54) is 44.6 Å². The molecule has 2 heterocycles. The molecule has 2 rings (SSSR count). The van der Waals surface area contributed by atoms with Gasteiger partial charge in [-0.05, 0) is 57.9 Å². The molecule has 1 aromatic heterocycles. The van der Waals surface area contributed by atoms with Crippen LogP contribution in [0.25, 0.3) is 0 Å². The Morgan fingerprint density at radius 1 is 1.41 bits per heavy atom. The van der Waals surface area contributed by atoms with E-state index in [1.54, 1.807) is 0 Å². The van der Waals surface area contributed by atoms with E-state index in [4.69, 9.17) is 0 Å². The highest BCUT2D eigenvalue weighted by Crippen LogP contribution is 2.07. The van der Waals surface area contributed by atoms with Gasteiger partial charge >= 0.3 is 0 Å². The van der Waals surface area contributed by atoms with E-state index in [0.29, 0.717) is 0 Å². The third-order valence-electron chi connectivity index (χ3n) is 3.39. The zero-order chi connectivity index (χ0) is 11.9. The monoisotopic (exact) mass is 236 g/mol. The predicted molar refractivity (Wildman–Crippen MR) is 70.0 cm³/mol. The van der Waals surface area contributed by atoms with Crippen LogP contribution in [-0.4, -0.2) is 41.3 Å². The van der Waals surface area contributed by atoms with E-state index >= 15 is 0 Å². The van der Waals surface area contributed by atoms with E-state index in [9.17, 15) is 0 Å². The molecule has 4 nitrogen and oxygen atoms in total. The van der Waals surface area contributed by atoms with Crippen molar-refractivity contribution >= 4 is 0 Å². The summed E-state index contributed by atoms with van der Waals surface area (Å²) in [7, 11) is 0. The maximum Gasteiger partial charge on any atom is 0.0622 e. The predicted octanol–water partition coefficient (Wildman–Crippen LogP) is 1.55. The molecule has 1 aromatic rings. The van der Waals surface area contributed by atoms with Crippen LogP contribution in [0.5, 0.6) is 0 Å². The van der Waals surface area contributed by atoms with Crippen LogP contribution in [0.2, 0.25) is 0 Å². The van der Waals surface area contributed by atoms with E-state index in [0.717, 1.165) is 25.2 Å². The minimum atomic E-state index is 0.910. The van der Waals surface area contributed by atoms with Gasteiger partial charge in [0.05, 0.1) is 5.69 Å². The van der Waals surface area contributed by atoms with Crippen LogP contribution in [0.3, 0.4) is 0 Å². The van der Waals surface area contributed by atoms with Crippen LogP contribution in [0.1, 0.15) is 37.6 Å². The van der Waals surface area contributed by atoms with Gasteiger partial charge in [-0.15, -0.1) is 0 Å². The van der Waals surface area contributed by atoms with Crippen LogP contribution in [0, 0.1) is 0 Å². The number of aromatic nitrogens is 2. The molecule has 1 fully saturated rings. The number of nitrogens with one attached hydrogen (secondary N) is 2. The van der Waals surface area contributed by atoms with Crippen LogP contribution in [0.15, 0.2) is 6.07 Å². The second-order valence-corrected chi connectivity index (χ2v) is 4.82. The van der Waals surface area contributed by atoms with Crippen molar-refractivity contribution in [2.24, 2.45) is 0 Å². The number of likely N-dealkylation sites (tertiary alicyclic amines) is 1. The number of H-pyrrole nitrogens is 1. The van der Waals surface area contributed by atoms with Gasteiger partial charge in [0.2, 0.25) is 0 Å². The van der Waals surface area contributed by atoms with E-state index in [2.05, 4.69) is 33.4 Å². The molecule has 0 atom stereocenters. The second kappa shape index (κ2) is 6.77. The molecule has 4 heteroatoms. The third-order valence-corrected chi connectivity index (χ3v) is 3.39. The van der Waals surface area contributed by atoms with Gasteiger partial charge in [-0.25, -0.2) is 0 Å². The maximum atomic E-state index is 4.22. The summed E-state index contributed by atoms with van der Waals surface area (Å²) in [6.07, 6.45) is 5.03. The Hall–Kier alpha value is -0.870. The fraction of sp³-hybridized carbons (Fsp3) is 0.769. The molecular weight excluding hydrogens is 212 g/mol. The third kappa shape index (κ3) is 4.13. The molecule has 96 valence electrons. The molecular formula is C13H24N4. The van der Waals surface area contributed by atoms with Crippen LogP contribution < -0.4 is 5.32 Å². The Kier molecular flexibility index (Phi) is 5.01. The number of nitrogens with zero attached hydrogens (tertiary/aromatic N) is 2. The van der Waals surface area contributed by atoms with Gasteiger partial charge in [0, 0.05) is 12.2 Å². The molecule has 0 saturated carbocycles. The lowest BCUT2D eigenvalue weighted by atomic mass is 10.3. The van der Waals surface area contributed by atoms with Gasteiger partial charge in [0.15, 0.2) is 0 Å². The van der Waals surface area contributed by atoms with Crippen molar-refractivity contribution in [3.63, 3.8) is 0 Å². The maximum absolute atomic E-state index is 4.22. The summed E-state index contributed by atoms with van der Waals surface area (Å²) in [5.74, 6) is 0. The zero-order valence-corrected chi connectivity index (χ0v) is 10.8. The zero-order valence-electron chi connectivity index (χ0n) is 10.8. The lowest BCUT2D eigenvalue weighted by Crippen LogP contribution is -2.24. The highest BCUT2D eigenvalue weighted by atomic mass is 15.1. The molecule has 2 N–H and O–H groups in total. The van der Waals surface area contributed by atoms with Gasteiger partial charge in [0.25, 0.3) is 0 Å². The molecule has 1 saturated heterocycles. The Morgan fingerprint density at radius 2 is 2.24 bits per heavy atom. The first kappa shape index (κ1) is 12.6. The summed E-state index contributed by atoms with van der Waals surface area (Å²) >= 11 is 0. The molecule has 0 aromatic carbocycles. The van der Waals surface area contributed by atoms with Crippen molar-refractivity contribution in [2.45, 2.75) is 39.2 Å². The topological polar surface area (TPSA) is 44.0 Å². The first-order valence-electron chi connectivity index (χ1n) is 6.84. The summed E-state index contributed by atoms with van der Waals surface area (Å²) in [6.45, 7) is 7.99. The second-order valence-electron chi connectivity index (χ2n) is 4.82. The van der Waals surface area contributed by atoms with Crippen LogP contribution >= 0.6 is 0 Å². The number of aromatic amines is 1. The summed E-state index contributed by atoms with van der Waals surface area (Å²) in [5, 5.41) is 10.8. The van der Waals surface area contributed by atoms with Crippen molar-refractivity contribution in [3.05, 3.63) is 17.5 Å². The Bertz CT molecular complexity index is 315. The van der Waals surface area contributed by atoms with Crippen LogP contribution in [0.4, 0.5) is 0 Å². The molecule has 0 amide bonds. The smallest absolute Gasteiger partial charge is 0.0622 e. The summed E-state index contributed by atoms with van der Waals surface area (Å²) in [5.41, 5.74) is 2.35. The Morgan fingerprint density at radius 3 is 2.94 bits per heavy atom. The first-order chi connectivity index (χ1) is 8.38. The quantitative estimate of drug-likeness (QED) is 0.706. The van der Waals surface area contributed by atoms with Crippen molar-refractivity contribution < 1.29 is 0 Å². The average Bonchev–Trinajstić information content (AvgIpc) is 2.99. The fourth-order valence-corrected chi connectivity index (χ4v) is 2.34. The van der Waals surface area contributed by atoms with E-state index in [1.807, 2.05) is 0 Å². The number of aryl methyl sites for hydroxylation is 1. The lowest BCUT2D eigenvalue weighted by Gasteiger charge is -2.13. The average molecular weight is 236 g/mol. The molecule has 0 radical (unpaired) electrons. The molecule has 0 unspecified atom stereocenters. The largest absolute Gasteiger partial charge is 0.311 e. The lowest BCUT2D eigenvalue weighted by molar-refractivity contribution is 0.331. The van der Waals surface area contributed by atoms with E-state index < -0.39 is 0 Å². The number of hydrogen-bond donors (Lipinski definition) is 2. The molecule has 1 aliphatic heterocycles. The van der Waals surface area contributed by atoms with Gasteiger partial charge in [-0.3, -0.25) is 5.10 Å². The van der Waals surface area contributed by atoms with Crippen molar-refractivity contribution in [3.8, 4) is 0 Å². The standard InChI is InChI=1S/C13H24N4/c1-2-12-10-13(16-15-12)11-14-6-5-9-17-7-3-4-8-17/h10,14H,2-9,11H2,1H3,(H,15,16). The minimum absolute atomic E-state index is 0.910. The number of hydrogen-bond acceptors (Lipinski definition) is 3. The highest BCUT2D eigenvalue weighted by Gasteiger charge is 2.09. The molecule has 0 aliphatic carbocycles. The van der Waals surface area contributed by atoms with Crippen molar-refractivity contribution in [1.29, 1.82) is 0 Å². The summed E-state index contributed by atoms with van der Waals surface area (Å²) in [4.78, 5) is 2.56. The minimum Gasteiger partial charge on any atom is -0.311 e. The summed E-state index contributed by atoms with van der Waals surface area (Å²) < 4.78 is 0. The fourth-order valence-electron chi connectivity index (χ4n) is 2.34. The molecule has 17 heavy (non-hydrogen) atoms. The number of rotatable bonds is 7. The van der Waals surface area contributed by atoms with Gasteiger partial charge in [-0.1, -0.05) is 6.92 Å². The Balaban J connectivity index is 1.53. The van der Waals surface area contributed by atoms with E-state index in [-0.39, 0.29) is 0 Å². The normalized spacial score (nSPS) is 16.8. The molecule has 1 aliphatic rings. The SMILES string of the molecule is CCc1cc(CNCCCN2CCCC2)[nH]n1. The van der Waals surface area contributed by atoms with Crippen molar-refractivity contribution in [1.82, 2.24) is 20.4 Å². The van der Waals surface area contributed by atoms with Gasteiger partial charge in [-0.2, -0.15) is 5.10 Å². The van der Waals surface area contributed by atoms with Crippen LogP contribution in [-0.2, 0) is 13.0 Å². The molecule has 0 bridgehead atoms. The molecule has 0 spiro atoms. The van der Waals surface area contributed by atoms with Crippen molar-refractivity contribution in [2.75, 3.05) is 26.2 Å².